The van der Waals surface area contributed by atoms with Gasteiger partial charge in [0.15, 0.2) is 0 Å². The van der Waals surface area contributed by atoms with Crippen molar-refractivity contribution in [1.82, 2.24) is 9.21 Å². The number of rotatable bonds is 6. The highest BCUT2D eigenvalue weighted by Gasteiger charge is 2.51. The zero-order valence-corrected chi connectivity index (χ0v) is 16.4. The van der Waals surface area contributed by atoms with Gasteiger partial charge in [-0.2, -0.15) is 4.31 Å². The molecule has 0 spiro atoms. The van der Waals surface area contributed by atoms with Gasteiger partial charge in [0.05, 0.1) is 17.8 Å². The second-order valence-electron chi connectivity index (χ2n) is 6.33. The predicted octanol–water partition coefficient (Wildman–Crippen LogP) is 3.03. The Morgan fingerprint density at radius 3 is 2.33 bits per heavy atom. The molecule has 1 aliphatic rings. The van der Waals surface area contributed by atoms with E-state index in [0.29, 0.717) is 35.2 Å². The lowest BCUT2D eigenvalue weighted by molar-refractivity contribution is 0.147. The Labute approximate surface area is 149 Å². The number of halogens is 1. The number of nitrogens with zero attached hydrogens (tertiary/aromatic N) is 2. The van der Waals surface area contributed by atoms with Crippen LogP contribution in [0.3, 0.4) is 0 Å². The van der Waals surface area contributed by atoms with Crippen LogP contribution in [-0.2, 0) is 14.8 Å². The van der Waals surface area contributed by atoms with Crippen LogP contribution in [0.2, 0.25) is 5.02 Å². The standard InChI is InChI=1S/C17H25ClN2O3S/c1-6-19(4)16-15(13-7-9-14(18)10-8-13)24(21,22)20(11-12-23-5)17(16,2)3/h7-10H,6,11-12H2,1-5H3. The fourth-order valence-corrected chi connectivity index (χ4v) is 5.62. The zero-order chi connectivity index (χ0) is 18.1. The third-order valence-electron chi connectivity index (χ3n) is 4.43. The van der Waals surface area contributed by atoms with Crippen molar-refractivity contribution < 1.29 is 13.2 Å². The third-order valence-corrected chi connectivity index (χ3v) is 6.84. The van der Waals surface area contributed by atoms with E-state index in [0.717, 1.165) is 5.70 Å². The average molecular weight is 373 g/mol. The molecule has 1 aromatic carbocycles. The highest BCUT2D eigenvalue weighted by molar-refractivity contribution is 7.98. The molecule has 0 unspecified atom stereocenters. The monoisotopic (exact) mass is 372 g/mol. The lowest BCUT2D eigenvalue weighted by Gasteiger charge is -2.35. The molecule has 0 atom stereocenters. The quantitative estimate of drug-likeness (QED) is 0.770. The van der Waals surface area contributed by atoms with Crippen molar-refractivity contribution in [2.75, 3.05) is 33.9 Å². The lowest BCUT2D eigenvalue weighted by Crippen LogP contribution is -2.47. The number of methoxy groups -OCH3 is 1. The van der Waals surface area contributed by atoms with Crippen LogP contribution in [0, 0.1) is 0 Å². The van der Waals surface area contributed by atoms with Gasteiger partial charge in [-0.25, -0.2) is 8.42 Å². The average Bonchev–Trinajstić information content (AvgIpc) is 2.68. The van der Waals surface area contributed by atoms with Gasteiger partial charge in [0.1, 0.15) is 4.91 Å². The van der Waals surface area contributed by atoms with E-state index in [1.807, 2.05) is 32.7 Å². The molecule has 1 heterocycles. The summed E-state index contributed by atoms with van der Waals surface area (Å²) in [5, 5.41) is 0.579. The van der Waals surface area contributed by atoms with E-state index in [4.69, 9.17) is 16.3 Å². The largest absolute Gasteiger partial charge is 0.383 e. The van der Waals surface area contributed by atoms with Crippen LogP contribution in [0.4, 0.5) is 0 Å². The first-order valence-corrected chi connectivity index (χ1v) is 9.73. The highest BCUT2D eigenvalue weighted by Crippen LogP contribution is 2.45. The Hall–Kier alpha value is -1.08. The van der Waals surface area contributed by atoms with Crippen molar-refractivity contribution in [3.05, 3.63) is 40.5 Å². The molecule has 0 aliphatic carbocycles. The molecule has 1 aromatic rings. The molecule has 1 aliphatic heterocycles. The summed E-state index contributed by atoms with van der Waals surface area (Å²) >= 11 is 5.97. The van der Waals surface area contributed by atoms with Gasteiger partial charge in [-0.05, 0) is 38.5 Å². The van der Waals surface area contributed by atoms with E-state index >= 15 is 0 Å². The normalized spacial score (nSPS) is 19.8. The number of likely N-dealkylation sites (N-methyl/N-ethyl adjacent to an activating group) is 1. The Balaban J connectivity index is 2.69. The molecular formula is C17H25ClN2O3S. The highest BCUT2D eigenvalue weighted by atomic mass is 35.5. The van der Waals surface area contributed by atoms with Gasteiger partial charge >= 0.3 is 0 Å². The first-order valence-electron chi connectivity index (χ1n) is 7.91. The maximum absolute atomic E-state index is 13.3. The van der Waals surface area contributed by atoms with Crippen molar-refractivity contribution >= 4 is 26.5 Å². The van der Waals surface area contributed by atoms with Crippen LogP contribution in [0.5, 0.6) is 0 Å². The molecular weight excluding hydrogens is 348 g/mol. The summed E-state index contributed by atoms with van der Waals surface area (Å²) in [5.74, 6) is 0. The van der Waals surface area contributed by atoms with Gasteiger partial charge in [0.2, 0.25) is 10.0 Å². The van der Waals surface area contributed by atoms with Gasteiger partial charge in [-0.15, -0.1) is 0 Å². The molecule has 0 saturated heterocycles. The molecule has 24 heavy (non-hydrogen) atoms. The van der Waals surface area contributed by atoms with E-state index in [1.165, 1.54) is 4.31 Å². The van der Waals surface area contributed by atoms with Crippen LogP contribution in [0.1, 0.15) is 26.3 Å². The Bertz CT molecular complexity index is 727. The number of sulfonamides is 1. The molecule has 134 valence electrons. The summed E-state index contributed by atoms with van der Waals surface area (Å²) in [6, 6.07) is 6.95. The van der Waals surface area contributed by atoms with Crippen LogP contribution in [-0.4, -0.2) is 57.0 Å². The minimum Gasteiger partial charge on any atom is -0.383 e. The van der Waals surface area contributed by atoms with E-state index < -0.39 is 15.6 Å². The van der Waals surface area contributed by atoms with Crippen LogP contribution in [0.25, 0.3) is 4.91 Å². The van der Waals surface area contributed by atoms with E-state index in [9.17, 15) is 8.42 Å². The molecule has 2 rings (SSSR count). The second kappa shape index (κ2) is 7.04. The van der Waals surface area contributed by atoms with Crippen molar-refractivity contribution in [3.63, 3.8) is 0 Å². The first kappa shape index (κ1) is 19.2. The first-order chi connectivity index (χ1) is 11.2. The summed E-state index contributed by atoms with van der Waals surface area (Å²) in [4.78, 5) is 2.35. The van der Waals surface area contributed by atoms with Crippen molar-refractivity contribution in [2.24, 2.45) is 0 Å². The molecule has 0 amide bonds. The fraction of sp³-hybridized carbons (Fsp3) is 0.529. The van der Waals surface area contributed by atoms with Gasteiger partial charge < -0.3 is 9.64 Å². The molecule has 0 bridgehead atoms. The molecule has 0 fully saturated rings. The predicted molar refractivity (Wildman–Crippen MR) is 98.3 cm³/mol. The number of ether oxygens (including phenoxy) is 1. The second-order valence-corrected chi connectivity index (χ2v) is 8.56. The fourth-order valence-electron chi connectivity index (χ4n) is 3.19. The number of benzene rings is 1. The minimum atomic E-state index is -3.63. The number of hydrogen-bond donors (Lipinski definition) is 0. The van der Waals surface area contributed by atoms with Gasteiger partial charge in [0, 0.05) is 32.3 Å². The zero-order valence-electron chi connectivity index (χ0n) is 14.8. The minimum absolute atomic E-state index is 0.310. The molecule has 0 radical (unpaired) electrons. The van der Waals surface area contributed by atoms with Crippen LogP contribution >= 0.6 is 11.6 Å². The molecule has 0 aromatic heterocycles. The van der Waals surface area contributed by atoms with Gasteiger partial charge in [0.25, 0.3) is 0 Å². The van der Waals surface area contributed by atoms with Gasteiger partial charge in [-0.3, -0.25) is 0 Å². The van der Waals surface area contributed by atoms with E-state index in [-0.39, 0.29) is 0 Å². The topological polar surface area (TPSA) is 49.9 Å². The molecule has 0 saturated carbocycles. The molecule has 5 nitrogen and oxygen atoms in total. The summed E-state index contributed by atoms with van der Waals surface area (Å²) in [5.41, 5.74) is 0.794. The third kappa shape index (κ3) is 3.20. The van der Waals surface area contributed by atoms with Crippen LogP contribution < -0.4 is 0 Å². The Kier molecular flexibility index (Phi) is 5.64. The van der Waals surface area contributed by atoms with E-state index in [2.05, 4.69) is 0 Å². The summed E-state index contributed by atoms with van der Waals surface area (Å²) in [6.45, 7) is 7.25. The maximum Gasteiger partial charge on any atom is 0.246 e. The summed E-state index contributed by atoms with van der Waals surface area (Å²) < 4.78 is 33.2. The van der Waals surface area contributed by atoms with E-state index in [1.54, 1.807) is 31.4 Å². The lowest BCUT2D eigenvalue weighted by atomic mass is 9.96. The van der Waals surface area contributed by atoms with Gasteiger partial charge in [-0.1, -0.05) is 23.7 Å². The van der Waals surface area contributed by atoms with Crippen molar-refractivity contribution in [2.45, 2.75) is 26.3 Å². The number of hydrogen-bond acceptors (Lipinski definition) is 4. The van der Waals surface area contributed by atoms with Crippen LogP contribution in [0.15, 0.2) is 30.0 Å². The Morgan fingerprint density at radius 1 is 1.25 bits per heavy atom. The van der Waals surface area contributed by atoms with Crippen molar-refractivity contribution in [3.8, 4) is 0 Å². The SMILES string of the molecule is CCN(C)C1=C(c2ccc(Cl)cc2)S(=O)(=O)N(CCOC)C1(C)C. The van der Waals surface area contributed by atoms with Crippen molar-refractivity contribution in [1.29, 1.82) is 0 Å². The summed E-state index contributed by atoms with van der Waals surface area (Å²) in [7, 11) is -0.139. The summed E-state index contributed by atoms with van der Waals surface area (Å²) in [6.07, 6.45) is 0. The molecule has 0 N–H and O–H groups in total. The maximum atomic E-state index is 13.3. The smallest absolute Gasteiger partial charge is 0.246 e. The Morgan fingerprint density at radius 2 is 1.83 bits per heavy atom. The molecule has 7 heteroatoms.